The van der Waals surface area contributed by atoms with Gasteiger partial charge in [-0.25, -0.2) is 4.79 Å². The van der Waals surface area contributed by atoms with Crippen LogP contribution in [0.2, 0.25) is 5.02 Å². The van der Waals surface area contributed by atoms with Crippen LogP contribution in [-0.4, -0.2) is 17.6 Å². The molecule has 0 saturated carbocycles. The van der Waals surface area contributed by atoms with E-state index >= 15 is 0 Å². The monoisotopic (exact) mass is 327 g/mol. The largest absolute Gasteiger partial charge is 0.462 e. The topological polar surface area (TPSA) is 39.2 Å². The number of rotatable bonds is 2. The quantitative estimate of drug-likeness (QED) is 0.778. The molecule has 0 aliphatic carbocycles. The lowest BCUT2D eigenvalue weighted by atomic mass is 10.1. The van der Waals surface area contributed by atoms with E-state index in [1.54, 1.807) is 6.92 Å². The van der Waals surface area contributed by atoms with Gasteiger partial charge in [-0.2, -0.15) is 0 Å². The van der Waals surface area contributed by atoms with E-state index in [-0.39, 0.29) is 0 Å². The second kappa shape index (κ2) is 5.24. The number of nitrogens with zero attached hydrogens (tertiary/aromatic N) is 1. The average molecular weight is 329 g/mol. The molecule has 2 aromatic rings. The Kier molecular flexibility index (Phi) is 3.88. The highest BCUT2D eigenvalue weighted by Gasteiger charge is 2.15. The van der Waals surface area contributed by atoms with Gasteiger partial charge in [0.05, 0.1) is 22.7 Å². The van der Waals surface area contributed by atoms with Crippen molar-refractivity contribution in [2.75, 3.05) is 6.61 Å². The van der Waals surface area contributed by atoms with E-state index in [0.717, 1.165) is 20.9 Å². The Morgan fingerprint density at radius 3 is 2.89 bits per heavy atom. The van der Waals surface area contributed by atoms with Gasteiger partial charge in [-0.1, -0.05) is 27.5 Å². The van der Waals surface area contributed by atoms with Crippen LogP contribution in [0.3, 0.4) is 0 Å². The number of ether oxygens (including phenoxy) is 1. The number of fused-ring (bicyclic) bond motifs is 1. The van der Waals surface area contributed by atoms with Crippen molar-refractivity contribution in [1.82, 2.24) is 4.98 Å². The first-order valence-corrected chi connectivity index (χ1v) is 6.63. The van der Waals surface area contributed by atoms with E-state index in [2.05, 4.69) is 20.9 Å². The van der Waals surface area contributed by atoms with E-state index in [0.29, 0.717) is 17.2 Å². The number of carbonyl (C=O) groups excluding carboxylic acids is 1. The molecule has 0 radical (unpaired) electrons. The molecular formula is C13H11BrClNO2. The third-order valence-electron chi connectivity index (χ3n) is 2.58. The average Bonchev–Trinajstić information content (AvgIpc) is 2.32. The van der Waals surface area contributed by atoms with E-state index in [1.807, 2.05) is 19.1 Å². The number of aromatic nitrogens is 1. The van der Waals surface area contributed by atoms with Crippen LogP contribution in [-0.2, 0) is 4.74 Å². The second-order valence-electron chi connectivity index (χ2n) is 3.82. The van der Waals surface area contributed by atoms with Gasteiger partial charge in [0.2, 0.25) is 0 Å². The molecule has 0 aliphatic rings. The van der Waals surface area contributed by atoms with Gasteiger partial charge in [0.25, 0.3) is 0 Å². The zero-order valence-electron chi connectivity index (χ0n) is 9.96. The smallest absolute Gasteiger partial charge is 0.341 e. The number of aryl methyl sites for hydroxylation is 1. The Morgan fingerprint density at radius 1 is 1.50 bits per heavy atom. The molecule has 0 unspecified atom stereocenters. The summed E-state index contributed by atoms with van der Waals surface area (Å²) in [4.78, 5) is 15.9. The third-order valence-corrected chi connectivity index (χ3v) is 3.84. The van der Waals surface area contributed by atoms with Crippen LogP contribution in [0.15, 0.2) is 22.8 Å². The highest BCUT2D eigenvalue weighted by atomic mass is 79.9. The van der Waals surface area contributed by atoms with Crippen LogP contribution in [0.5, 0.6) is 0 Å². The van der Waals surface area contributed by atoms with Gasteiger partial charge in [0, 0.05) is 16.1 Å². The molecule has 0 aliphatic heterocycles. The van der Waals surface area contributed by atoms with Crippen LogP contribution >= 0.6 is 27.5 Å². The molecule has 0 N–H and O–H groups in total. The fraction of sp³-hybridized carbons (Fsp3) is 0.231. The minimum atomic E-state index is -0.450. The maximum atomic E-state index is 11.7. The first kappa shape index (κ1) is 13.3. The number of carbonyl (C=O) groups is 1. The van der Waals surface area contributed by atoms with Crippen LogP contribution in [0.25, 0.3) is 10.9 Å². The second-order valence-corrected chi connectivity index (χ2v) is 5.06. The summed E-state index contributed by atoms with van der Waals surface area (Å²) in [5.41, 5.74) is 2.12. The van der Waals surface area contributed by atoms with Gasteiger partial charge in [0.1, 0.15) is 0 Å². The van der Waals surface area contributed by atoms with Crippen molar-refractivity contribution in [1.29, 1.82) is 0 Å². The molecule has 0 bridgehead atoms. The molecule has 0 atom stereocenters. The van der Waals surface area contributed by atoms with Crippen molar-refractivity contribution in [2.24, 2.45) is 0 Å². The highest BCUT2D eigenvalue weighted by molar-refractivity contribution is 9.10. The molecular weight excluding hydrogens is 318 g/mol. The van der Waals surface area contributed by atoms with Crippen LogP contribution in [0, 0.1) is 6.92 Å². The standard InChI is InChI=1S/C13H11BrClNO2/c1-3-18-13(17)9-6-16-11-4-7(2)10(14)5-8(11)12(9)15/h4-6H,3H2,1-2H3. The maximum Gasteiger partial charge on any atom is 0.341 e. The first-order chi connectivity index (χ1) is 8.54. The van der Waals surface area contributed by atoms with Gasteiger partial charge < -0.3 is 4.74 Å². The number of benzene rings is 1. The predicted molar refractivity (Wildman–Crippen MR) is 75.1 cm³/mol. The van der Waals surface area contributed by atoms with Crippen molar-refractivity contribution in [3.8, 4) is 0 Å². The lowest BCUT2D eigenvalue weighted by molar-refractivity contribution is 0.0526. The fourth-order valence-corrected chi connectivity index (χ4v) is 2.26. The lowest BCUT2D eigenvalue weighted by Gasteiger charge is -2.08. The summed E-state index contributed by atoms with van der Waals surface area (Å²) in [6.07, 6.45) is 1.45. The number of halogens is 2. The highest BCUT2D eigenvalue weighted by Crippen LogP contribution is 2.30. The zero-order chi connectivity index (χ0) is 13.3. The van der Waals surface area contributed by atoms with Crippen LogP contribution < -0.4 is 0 Å². The van der Waals surface area contributed by atoms with Crippen molar-refractivity contribution < 1.29 is 9.53 Å². The molecule has 94 valence electrons. The molecule has 0 saturated heterocycles. The van der Waals surface area contributed by atoms with Gasteiger partial charge in [-0.05, 0) is 31.5 Å². The number of pyridine rings is 1. The molecule has 1 aromatic carbocycles. The predicted octanol–water partition coefficient (Wildman–Crippen LogP) is 4.14. The molecule has 0 amide bonds. The van der Waals surface area contributed by atoms with Gasteiger partial charge in [0.15, 0.2) is 0 Å². The summed E-state index contributed by atoms with van der Waals surface area (Å²) in [6.45, 7) is 4.03. The number of hydrogen-bond acceptors (Lipinski definition) is 3. The third kappa shape index (κ3) is 2.35. The summed E-state index contributed by atoms with van der Waals surface area (Å²) in [5, 5.41) is 1.11. The molecule has 0 fully saturated rings. The summed E-state index contributed by atoms with van der Waals surface area (Å²) < 4.78 is 5.87. The Labute approximate surface area is 118 Å². The van der Waals surface area contributed by atoms with Crippen molar-refractivity contribution in [3.05, 3.63) is 39.0 Å². The zero-order valence-corrected chi connectivity index (χ0v) is 12.3. The van der Waals surface area contributed by atoms with Gasteiger partial charge in [-0.3, -0.25) is 4.98 Å². The Balaban J connectivity index is 2.63. The molecule has 18 heavy (non-hydrogen) atoms. The van der Waals surface area contributed by atoms with E-state index < -0.39 is 5.97 Å². The van der Waals surface area contributed by atoms with E-state index in [9.17, 15) is 4.79 Å². The summed E-state index contributed by atoms with van der Waals surface area (Å²) in [5.74, 6) is -0.450. The molecule has 0 spiro atoms. The summed E-state index contributed by atoms with van der Waals surface area (Å²) >= 11 is 9.68. The fourth-order valence-electron chi connectivity index (χ4n) is 1.64. The Hall–Kier alpha value is -1.13. The Bertz CT molecular complexity index is 628. The van der Waals surface area contributed by atoms with Gasteiger partial charge in [-0.15, -0.1) is 0 Å². The maximum absolute atomic E-state index is 11.7. The first-order valence-electron chi connectivity index (χ1n) is 5.46. The van der Waals surface area contributed by atoms with Gasteiger partial charge >= 0.3 is 5.97 Å². The number of esters is 1. The van der Waals surface area contributed by atoms with Crippen molar-refractivity contribution in [3.63, 3.8) is 0 Å². The lowest BCUT2D eigenvalue weighted by Crippen LogP contribution is -2.06. The Morgan fingerprint density at radius 2 is 2.22 bits per heavy atom. The van der Waals surface area contributed by atoms with E-state index in [1.165, 1.54) is 6.20 Å². The normalized spacial score (nSPS) is 10.7. The summed E-state index contributed by atoms with van der Waals surface area (Å²) in [6, 6.07) is 3.78. The minimum Gasteiger partial charge on any atom is -0.462 e. The number of hydrogen-bond donors (Lipinski definition) is 0. The molecule has 3 nitrogen and oxygen atoms in total. The van der Waals surface area contributed by atoms with E-state index in [4.69, 9.17) is 16.3 Å². The van der Waals surface area contributed by atoms with Crippen molar-refractivity contribution >= 4 is 44.4 Å². The van der Waals surface area contributed by atoms with Crippen molar-refractivity contribution in [2.45, 2.75) is 13.8 Å². The SMILES string of the molecule is CCOC(=O)c1cnc2cc(C)c(Br)cc2c1Cl. The van der Waals surface area contributed by atoms with Crippen LogP contribution in [0.1, 0.15) is 22.8 Å². The van der Waals surface area contributed by atoms with Crippen LogP contribution in [0.4, 0.5) is 0 Å². The minimum absolute atomic E-state index is 0.293. The molecule has 1 heterocycles. The molecule has 5 heteroatoms. The summed E-state index contributed by atoms with van der Waals surface area (Å²) in [7, 11) is 0. The molecule has 1 aromatic heterocycles. The molecule has 2 rings (SSSR count).